The summed E-state index contributed by atoms with van der Waals surface area (Å²) in [6, 6.07) is 4.65. The van der Waals surface area contributed by atoms with Crippen molar-refractivity contribution in [3.05, 3.63) is 47.1 Å². The third-order valence-corrected chi connectivity index (χ3v) is 4.48. The van der Waals surface area contributed by atoms with Crippen molar-refractivity contribution in [2.45, 2.75) is 17.8 Å². The fraction of sp³-hybridized carbons (Fsp3) is 0.200. The van der Waals surface area contributed by atoms with E-state index in [2.05, 4.69) is 0 Å². The van der Waals surface area contributed by atoms with Gasteiger partial charge < -0.3 is 15.3 Å². The molecular formula is C15H12F3NO2S. The number of thioether (sulfide) groups is 1. The first-order chi connectivity index (χ1) is 10.4. The molecule has 0 spiro atoms. The number of halogens is 3. The van der Waals surface area contributed by atoms with Crippen molar-refractivity contribution < 1.29 is 22.7 Å². The average molecular weight is 327 g/mol. The highest BCUT2D eigenvalue weighted by Gasteiger charge is 2.32. The van der Waals surface area contributed by atoms with E-state index in [1.54, 1.807) is 0 Å². The Morgan fingerprint density at radius 1 is 1.32 bits per heavy atom. The van der Waals surface area contributed by atoms with Crippen LogP contribution < -0.4 is 5.73 Å². The highest BCUT2D eigenvalue weighted by atomic mass is 32.2. The predicted molar refractivity (Wildman–Crippen MR) is 79.3 cm³/mol. The molecule has 0 aliphatic carbocycles. The number of nitrogens with two attached hydrogens (primary N) is 1. The molecule has 116 valence electrons. The molecule has 1 unspecified atom stereocenters. The molecule has 0 radical (unpaired) electrons. The summed E-state index contributed by atoms with van der Waals surface area (Å²) >= 11 is 1.46. The summed E-state index contributed by atoms with van der Waals surface area (Å²) < 4.78 is 43.8. The number of benzene rings is 1. The standard InChI is InChI=1S/C15H12F3NO2S/c16-15(17,18)9-4-1-3-8(7-9)11-12(20)13(21-14(11)19)10-5-2-6-22-10/h1-4,6-7,10,20H,5,19H2. The van der Waals surface area contributed by atoms with Gasteiger partial charge in [-0.2, -0.15) is 13.2 Å². The maximum Gasteiger partial charge on any atom is 0.416 e. The Balaban J connectivity index is 2.05. The van der Waals surface area contributed by atoms with Crippen LogP contribution in [0.25, 0.3) is 11.1 Å². The minimum Gasteiger partial charge on any atom is -0.504 e. The predicted octanol–water partition coefficient (Wildman–Crippen LogP) is 4.94. The Morgan fingerprint density at radius 2 is 2.09 bits per heavy atom. The van der Waals surface area contributed by atoms with E-state index in [9.17, 15) is 18.3 Å². The van der Waals surface area contributed by atoms with Crippen molar-refractivity contribution in [3.63, 3.8) is 0 Å². The van der Waals surface area contributed by atoms with E-state index < -0.39 is 11.7 Å². The Labute approximate surface area is 128 Å². The van der Waals surface area contributed by atoms with Gasteiger partial charge in [0.15, 0.2) is 11.5 Å². The zero-order valence-corrected chi connectivity index (χ0v) is 12.0. The van der Waals surface area contributed by atoms with Crippen LogP contribution >= 0.6 is 11.8 Å². The lowest BCUT2D eigenvalue weighted by Gasteiger charge is -2.08. The van der Waals surface area contributed by atoms with E-state index in [1.165, 1.54) is 23.9 Å². The summed E-state index contributed by atoms with van der Waals surface area (Å²) in [4.78, 5) is 0. The second kappa shape index (κ2) is 5.31. The van der Waals surface area contributed by atoms with Crippen LogP contribution in [-0.2, 0) is 6.18 Å². The molecule has 0 saturated heterocycles. The van der Waals surface area contributed by atoms with Gasteiger partial charge in [0.1, 0.15) is 0 Å². The van der Waals surface area contributed by atoms with E-state index in [4.69, 9.17) is 10.2 Å². The number of rotatable bonds is 2. The normalized spacial score (nSPS) is 18.0. The minimum absolute atomic E-state index is 0.0840. The van der Waals surface area contributed by atoms with Crippen LogP contribution in [0.5, 0.6) is 5.75 Å². The molecule has 1 aromatic carbocycles. The van der Waals surface area contributed by atoms with Crippen LogP contribution in [0.1, 0.15) is 23.0 Å². The van der Waals surface area contributed by atoms with E-state index in [-0.39, 0.29) is 28.0 Å². The largest absolute Gasteiger partial charge is 0.504 e. The number of hydrogen-bond donors (Lipinski definition) is 2. The summed E-state index contributed by atoms with van der Waals surface area (Å²) in [7, 11) is 0. The van der Waals surface area contributed by atoms with Crippen LogP contribution in [0.15, 0.2) is 40.2 Å². The van der Waals surface area contributed by atoms with Gasteiger partial charge in [-0.05, 0) is 29.5 Å². The van der Waals surface area contributed by atoms with Gasteiger partial charge in [-0.3, -0.25) is 0 Å². The summed E-state index contributed by atoms with van der Waals surface area (Å²) in [5.41, 5.74) is 5.24. The molecule has 1 aliphatic rings. The number of alkyl halides is 3. The van der Waals surface area contributed by atoms with Crippen molar-refractivity contribution in [1.82, 2.24) is 0 Å². The molecule has 1 atom stereocenters. The fourth-order valence-corrected chi connectivity index (χ4v) is 3.28. The van der Waals surface area contributed by atoms with Crippen LogP contribution in [0.2, 0.25) is 0 Å². The quantitative estimate of drug-likeness (QED) is 0.820. The lowest BCUT2D eigenvalue weighted by atomic mass is 10.0. The van der Waals surface area contributed by atoms with Crippen molar-refractivity contribution in [3.8, 4) is 16.9 Å². The van der Waals surface area contributed by atoms with Gasteiger partial charge in [0, 0.05) is 0 Å². The molecular weight excluding hydrogens is 315 g/mol. The monoisotopic (exact) mass is 327 g/mol. The molecule has 22 heavy (non-hydrogen) atoms. The highest BCUT2D eigenvalue weighted by Crippen LogP contribution is 2.49. The second-order valence-electron chi connectivity index (χ2n) is 4.86. The Kier molecular flexibility index (Phi) is 3.60. The zero-order chi connectivity index (χ0) is 15.9. The molecule has 3 rings (SSSR count). The van der Waals surface area contributed by atoms with Crippen molar-refractivity contribution in [2.24, 2.45) is 0 Å². The Morgan fingerprint density at radius 3 is 2.73 bits per heavy atom. The molecule has 0 bridgehead atoms. The summed E-state index contributed by atoms with van der Waals surface area (Å²) in [5, 5.41) is 12.1. The fourth-order valence-electron chi connectivity index (χ4n) is 2.36. The smallest absolute Gasteiger partial charge is 0.416 e. The number of furan rings is 1. The molecule has 2 heterocycles. The number of anilines is 1. The van der Waals surface area contributed by atoms with E-state index in [1.807, 2.05) is 11.5 Å². The minimum atomic E-state index is -4.46. The molecule has 2 aromatic rings. The topological polar surface area (TPSA) is 59.4 Å². The van der Waals surface area contributed by atoms with E-state index >= 15 is 0 Å². The highest BCUT2D eigenvalue weighted by molar-refractivity contribution is 8.02. The third-order valence-electron chi connectivity index (χ3n) is 3.40. The number of hydrogen-bond acceptors (Lipinski definition) is 4. The maximum atomic E-state index is 12.8. The molecule has 0 fully saturated rings. The summed E-state index contributed by atoms with van der Waals surface area (Å²) in [5.74, 6) is 0.0114. The van der Waals surface area contributed by atoms with Crippen molar-refractivity contribution in [1.29, 1.82) is 0 Å². The van der Waals surface area contributed by atoms with E-state index in [0.717, 1.165) is 12.1 Å². The lowest BCUT2D eigenvalue weighted by molar-refractivity contribution is -0.137. The first kappa shape index (κ1) is 14.9. The molecule has 1 aliphatic heterocycles. The second-order valence-corrected chi connectivity index (χ2v) is 5.98. The Bertz CT molecular complexity index is 729. The first-order valence-electron chi connectivity index (χ1n) is 6.47. The lowest BCUT2D eigenvalue weighted by Crippen LogP contribution is -2.04. The van der Waals surface area contributed by atoms with Gasteiger partial charge in [0.2, 0.25) is 5.88 Å². The van der Waals surface area contributed by atoms with Crippen molar-refractivity contribution in [2.75, 3.05) is 5.73 Å². The third kappa shape index (κ3) is 2.56. The zero-order valence-electron chi connectivity index (χ0n) is 11.2. The molecule has 0 saturated carbocycles. The number of aromatic hydroxyl groups is 1. The van der Waals surface area contributed by atoms with E-state index in [0.29, 0.717) is 12.2 Å². The van der Waals surface area contributed by atoms with Crippen LogP contribution in [-0.4, -0.2) is 5.11 Å². The van der Waals surface area contributed by atoms with Crippen molar-refractivity contribution >= 4 is 17.6 Å². The molecule has 3 nitrogen and oxygen atoms in total. The molecule has 7 heteroatoms. The average Bonchev–Trinajstić information content (AvgIpc) is 3.06. The summed E-state index contributed by atoms with van der Waals surface area (Å²) in [6.07, 6.45) is -1.86. The van der Waals surface area contributed by atoms with Gasteiger partial charge in [0.05, 0.1) is 16.4 Å². The van der Waals surface area contributed by atoms with Gasteiger partial charge in [-0.25, -0.2) is 0 Å². The molecule has 3 N–H and O–H groups in total. The first-order valence-corrected chi connectivity index (χ1v) is 7.41. The Hall–Kier alpha value is -2.02. The van der Waals surface area contributed by atoms with Gasteiger partial charge in [-0.1, -0.05) is 18.2 Å². The molecule has 0 amide bonds. The number of nitrogen functional groups attached to an aromatic ring is 1. The van der Waals surface area contributed by atoms with Gasteiger partial charge >= 0.3 is 6.18 Å². The SMILES string of the molecule is Nc1oc(C2CC=CS2)c(O)c1-c1cccc(C(F)(F)F)c1. The summed E-state index contributed by atoms with van der Waals surface area (Å²) in [6.45, 7) is 0. The van der Waals surface area contributed by atoms with Gasteiger partial charge in [-0.15, -0.1) is 11.8 Å². The van der Waals surface area contributed by atoms with Crippen LogP contribution in [0.4, 0.5) is 19.1 Å². The van der Waals surface area contributed by atoms with Crippen LogP contribution in [0, 0.1) is 0 Å². The van der Waals surface area contributed by atoms with Gasteiger partial charge in [0.25, 0.3) is 0 Å². The van der Waals surface area contributed by atoms with Crippen LogP contribution in [0.3, 0.4) is 0 Å². The molecule has 1 aromatic heterocycles. The maximum absolute atomic E-state index is 12.8. The number of allylic oxidation sites excluding steroid dienone is 1.